The number of hydrogen-bond donors (Lipinski definition) is 3. The van der Waals surface area contributed by atoms with Gasteiger partial charge in [-0.2, -0.15) is 0 Å². The van der Waals surface area contributed by atoms with Crippen LogP contribution in [0.3, 0.4) is 0 Å². The summed E-state index contributed by atoms with van der Waals surface area (Å²) in [5.74, 6) is 0. The van der Waals surface area contributed by atoms with E-state index in [1.165, 1.54) is 11.3 Å². The summed E-state index contributed by atoms with van der Waals surface area (Å²) in [7, 11) is 0. The Labute approximate surface area is 148 Å². The number of thiophene rings is 1. The van der Waals surface area contributed by atoms with Crippen LogP contribution >= 0.6 is 11.3 Å². The molecule has 2 aromatic carbocycles. The molecule has 0 spiro atoms. The lowest BCUT2D eigenvalue weighted by molar-refractivity contribution is 0.283. The minimum atomic E-state index is -0.0863. The Morgan fingerprint density at radius 2 is 2.00 bits per heavy atom. The fraction of sp³-hybridized carbons (Fsp3) is 0.105. The van der Waals surface area contributed by atoms with Gasteiger partial charge in [0.25, 0.3) is 0 Å². The van der Waals surface area contributed by atoms with Crippen molar-refractivity contribution in [1.29, 1.82) is 0 Å². The summed E-state index contributed by atoms with van der Waals surface area (Å²) in [6.45, 7) is 1.81. The number of nitrogens with zero attached hydrogens (tertiary/aromatic N) is 1. The van der Waals surface area contributed by atoms with Crippen LogP contribution in [0.25, 0.3) is 21.0 Å². The molecular weight excluding hydrogens is 334 g/mol. The third-order valence-electron chi connectivity index (χ3n) is 4.09. The van der Waals surface area contributed by atoms with Crippen LogP contribution in [0.4, 0.5) is 11.4 Å². The van der Waals surface area contributed by atoms with E-state index in [4.69, 9.17) is 10.6 Å². The van der Waals surface area contributed by atoms with Gasteiger partial charge in [0, 0.05) is 16.5 Å². The predicted molar refractivity (Wildman–Crippen MR) is 103 cm³/mol. The fourth-order valence-electron chi connectivity index (χ4n) is 2.93. The van der Waals surface area contributed by atoms with Gasteiger partial charge < -0.3 is 15.7 Å². The molecule has 25 heavy (non-hydrogen) atoms. The molecule has 0 aliphatic carbocycles. The standard InChI is InChI=1S/C19H17N3O2S/c1-11-9-13(10-23)16-17(20)19(25-18(16)21-11)24-22-15-8-4-6-12-5-2-3-7-14(12)15/h2-9,22-23H,10,20H2,1H3. The Kier molecular flexibility index (Phi) is 3.91. The van der Waals surface area contributed by atoms with Crippen LogP contribution in [-0.4, -0.2) is 10.1 Å². The zero-order valence-corrected chi connectivity index (χ0v) is 14.4. The second kappa shape index (κ2) is 6.23. The number of aromatic nitrogens is 1. The maximum Gasteiger partial charge on any atom is 0.234 e. The van der Waals surface area contributed by atoms with Crippen molar-refractivity contribution >= 4 is 43.7 Å². The lowest BCUT2D eigenvalue weighted by atomic mass is 10.1. The van der Waals surface area contributed by atoms with E-state index in [0.717, 1.165) is 37.9 Å². The van der Waals surface area contributed by atoms with Crippen LogP contribution < -0.4 is 16.1 Å². The van der Waals surface area contributed by atoms with Gasteiger partial charge in [-0.3, -0.25) is 0 Å². The molecule has 2 heterocycles. The number of hydrogen-bond acceptors (Lipinski definition) is 6. The lowest BCUT2D eigenvalue weighted by Gasteiger charge is -2.10. The smallest absolute Gasteiger partial charge is 0.234 e. The van der Waals surface area contributed by atoms with Gasteiger partial charge >= 0.3 is 0 Å². The van der Waals surface area contributed by atoms with Gasteiger partial charge in [-0.05, 0) is 30.0 Å². The van der Waals surface area contributed by atoms with Gasteiger partial charge in [0.05, 0.1) is 18.0 Å². The topological polar surface area (TPSA) is 80.4 Å². The van der Waals surface area contributed by atoms with Crippen LogP contribution in [0.1, 0.15) is 11.3 Å². The number of aliphatic hydroxyl groups is 1. The highest BCUT2D eigenvalue weighted by Crippen LogP contribution is 2.41. The molecule has 0 amide bonds. The number of pyridine rings is 1. The molecule has 6 heteroatoms. The zero-order valence-electron chi connectivity index (χ0n) is 13.6. The Balaban J connectivity index is 1.70. The third kappa shape index (κ3) is 2.75. The van der Waals surface area contributed by atoms with Crippen molar-refractivity contribution in [3.63, 3.8) is 0 Å². The zero-order chi connectivity index (χ0) is 17.4. The van der Waals surface area contributed by atoms with Crippen LogP contribution in [0.2, 0.25) is 0 Å². The summed E-state index contributed by atoms with van der Waals surface area (Å²) in [6, 6.07) is 15.9. The lowest BCUT2D eigenvalue weighted by Crippen LogP contribution is -2.05. The average molecular weight is 351 g/mol. The minimum Gasteiger partial charge on any atom is -0.394 e. The van der Waals surface area contributed by atoms with E-state index in [2.05, 4.69) is 22.6 Å². The normalized spacial score (nSPS) is 11.1. The van der Waals surface area contributed by atoms with E-state index in [1.807, 2.05) is 43.3 Å². The van der Waals surface area contributed by atoms with Gasteiger partial charge in [0.15, 0.2) is 0 Å². The first-order valence-electron chi connectivity index (χ1n) is 7.87. The quantitative estimate of drug-likeness (QED) is 0.479. The molecule has 126 valence electrons. The first-order valence-corrected chi connectivity index (χ1v) is 8.69. The van der Waals surface area contributed by atoms with Crippen molar-refractivity contribution in [2.24, 2.45) is 0 Å². The van der Waals surface area contributed by atoms with E-state index in [9.17, 15) is 5.11 Å². The SMILES string of the molecule is Cc1cc(CO)c2c(N)c(ONc3cccc4ccccc34)sc2n1. The van der Waals surface area contributed by atoms with Crippen molar-refractivity contribution in [2.45, 2.75) is 13.5 Å². The van der Waals surface area contributed by atoms with Crippen LogP contribution in [-0.2, 0) is 6.61 Å². The highest BCUT2D eigenvalue weighted by atomic mass is 32.1. The van der Waals surface area contributed by atoms with Crippen molar-refractivity contribution in [3.8, 4) is 5.06 Å². The monoisotopic (exact) mass is 351 g/mol. The Hall–Kier alpha value is -2.83. The van der Waals surface area contributed by atoms with Gasteiger partial charge in [-0.15, -0.1) is 0 Å². The summed E-state index contributed by atoms with van der Waals surface area (Å²) in [6.07, 6.45) is 0. The molecule has 0 aliphatic rings. The molecule has 0 saturated carbocycles. The molecule has 4 aromatic rings. The summed E-state index contributed by atoms with van der Waals surface area (Å²) in [5.41, 5.74) is 12.2. The van der Waals surface area contributed by atoms with Crippen LogP contribution in [0.15, 0.2) is 48.5 Å². The maximum absolute atomic E-state index is 9.58. The second-order valence-electron chi connectivity index (χ2n) is 5.80. The number of nitrogen functional groups attached to an aromatic ring is 1. The van der Waals surface area contributed by atoms with E-state index < -0.39 is 0 Å². The summed E-state index contributed by atoms with van der Waals surface area (Å²) < 4.78 is 0. The molecule has 0 radical (unpaired) electrons. The predicted octanol–water partition coefficient (Wildman–Crippen LogP) is 4.24. The average Bonchev–Trinajstić information content (AvgIpc) is 2.94. The molecule has 0 saturated heterocycles. The summed E-state index contributed by atoms with van der Waals surface area (Å²) in [4.78, 5) is 11.0. The highest BCUT2D eigenvalue weighted by Gasteiger charge is 2.16. The number of nitrogens with one attached hydrogen (secondary N) is 1. The first kappa shape index (κ1) is 15.7. The fourth-order valence-corrected chi connectivity index (χ4v) is 3.94. The van der Waals surface area contributed by atoms with E-state index in [1.54, 1.807) is 0 Å². The van der Waals surface area contributed by atoms with Crippen molar-refractivity contribution in [2.75, 3.05) is 11.2 Å². The van der Waals surface area contributed by atoms with Crippen LogP contribution in [0, 0.1) is 6.92 Å². The van der Waals surface area contributed by atoms with Crippen molar-refractivity contribution < 1.29 is 9.94 Å². The summed E-state index contributed by atoms with van der Waals surface area (Å²) in [5, 5.41) is 13.1. The Morgan fingerprint density at radius 1 is 1.20 bits per heavy atom. The number of fused-ring (bicyclic) bond motifs is 2. The van der Waals surface area contributed by atoms with Crippen molar-refractivity contribution in [3.05, 3.63) is 59.8 Å². The van der Waals surface area contributed by atoms with E-state index in [-0.39, 0.29) is 6.61 Å². The van der Waals surface area contributed by atoms with Crippen molar-refractivity contribution in [1.82, 2.24) is 4.98 Å². The molecule has 0 atom stereocenters. The van der Waals surface area contributed by atoms with Gasteiger partial charge in [0.2, 0.25) is 5.06 Å². The molecule has 0 aliphatic heterocycles. The number of nitrogens with two attached hydrogens (primary N) is 1. The number of anilines is 2. The number of rotatable bonds is 4. The molecular formula is C19H17N3O2S. The molecule has 2 aromatic heterocycles. The van der Waals surface area contributed by atoms with Crippen LogP contribution in [0.5, 0.6) is 5.06 Å². The number of benzene rings is 2. The molecule has 5 nitrogen and oxygen atoms in total. The number of aryl methyl sites for hydroxylation is 1. The molecule has 4 N–H and O–H groups in total. The molecule has 0 fully saturated rings. The largest absolute Gasteiger partial charge is 0.394 e. The van der Waals surface area contributed by atoms with E-state index in [0.29, 0.717) is 10.8 Å². The highest BCUT2D eigenvalue weighted by molar-refractivity contribution is 7.21. The first-order chi connectivity index (χ1) is 12.2. The minimum absolute atomic E-state index is 0.0863. The third-order valence-corrected chi connectivity index (χ3v) is 5.07. The molecule has 4 rings (SSSR count). The summed E-state index contributed by atoms with van der Waals surface area (Å²) >= 11 is 1.36. The number of aliphatic hydroxyl groups excluding tert-OH is 1. The van der Waals surface area contributed by atoms with E-state index >= 15 is 0 Å². The van der Waals surface area contributed by atoms with Gasteiger partial charge in [0.1, 0.15) is 4.83 Å². The Bertz CT molecular complexity index is 1070. The Morgan fingerprint density at radius 3 is 2.84 bits per heavy atom. The molecule has 0 unspecified atom stereocenters. The maximum atomic E-state index is 9.58. The molecule has 0 bridgehead atoms. The van der Waals surface area contributed by atoms with Gasteiger partial charge in [-0.1, -0.05) is 47.7 Å². The van der Waals surface area contributed by atoms with Gasteiger partial charge in [-0.25, -0.2) is 10.5 Å². The second-order valence-corrected chi connectivity index (χ2v) is 6.76.